The highest BCUT2D eigenvalue weighted by atomic mass is 32.1. The summed E-state index contributed by atoms with van der Waals surface area (Å²) >= 11 is 1.39. The number of hydrazone groups is 1. The van der Waals surface area contributed by atoms with Crippen molar-refractivity contribution in [2.75, 3.05) is 0 Å². The number of carbonyl (C=O) groups excluding carboxylic acids is 1. The van der Waals surface area contributed by atoms with Gasteiger partial charge >= 0.3 is 5.88 Å². The molecule has 2 aromatic heterocycles. The lowest BCUT2D eigenvalue weighted by molar-refractivity contribution is -0.402. The van der Waals surface area contributed by atoms with E-state index in [1.54, 1.807) is 0 Å². The number of nitrogens with zero attached hydrogens (tertiary/aromatic N) is 3. The summed E-state index contributed by atoms with van der Waals surface area (Å²) in [4.78, 5) is 26.1. The van der Waals surface area contributed by atoms with Crippen LogP contribution in [0.5, 0.6) is 0 Å². The van der Waals surface area contributed by atoms with E-state index in [0.717, 1.165) is 11.3 Å². The van der Waals surface area contributed by atoms with Gasteiger partial charge in [0.05, 0.1) is 24.4 Å². The van der Waals surface area contributed by atoms with E-state index in [-0.39, 0.29) is 24.0 Å². The van der Waals surface area contributed by atoms with Crippen LogP contribution in [0.25, 0.3) is 11.3 Å². The quantitative estimate of drug-likeness (QED) is 0.415. The van der Waals surface area contributed by atoms with Crippen LogP contribution in [0.1, 0.15) is 10.8 Å². The second-order valence-corrected chi connectivity index (χ2v) is 5.84. The molecule has 0 saturated heterocycles. The monoisotopic (exact) mass is 356 g/mol. The van der Waals surface area contributed by atoms with Gasteiger partial charge in [0.25, 0.3) is 0 Å². The molecule has 1 amide bonds. The highest BCUT2D eigenvalue weighted by molar-refractivity contribution is 7.10. The fourth-order valence-electron chi connectivity index (χ4n) is 1.99. The Balaban J connectivity index is 1.55. The van der Waals surface area contributed by atoms with E-state index in [1.807, 2.05) is 35.7 Å². The normalized spacial score (nSPS) is 10.9. The molecule has 3 rings (SSSR count). The summed E-state index contributed by atoms with van der Waals surface area (Å²) in [5, 5.41) is 16.8. The maximum absolute atomic E-state index is 11.9. The molecule has 0 bridgehead atoms. The molecule has 8 nitrogen and oxygen atoms in total. The molecule has 0 aliphatic rings. The molecule has 3 aromatic rings. The summed E-state index contributed by atoms with van der Waals surface area (Å²) in [7, 11) is 0. The standard InChI is InChI=1S/C16H12N4O4S/c21-14(19-17-9-12-6-7-16(24-12)20(22)23)8-15-18-13(10-25-15)11-4-2-1-3-5-11/h1-7,9-10H,8H2,(H,19,21)/b17-9-. The fraction of sp³-hybridized carbons (Fsp3) is 0.0625. The SMILES string of the molecule is O=C(Cc1nc(-c2ccccc2)cs1)N/N=C\c1ccc([N+](=O)[O-])o1. The summed E-state index contributed by atoms with van der Waals surface area (Å²) in [6.45, 7) is 0. The lowest BCUT2D eigenvalue weighted by Gasteiger charge is -1.96. The Labute approximate surface area is 146 Å². The summed E-state index contributed by atoms with van der Waals surface area (Å²) in [6.07, 6.45) is 1.29. The minimum atomic E-state index is -0.650. The Morgan fingerprint density at radius 3 is 2.84 bits per heavy atom. The molecule has 126 valence electrons. The third-order valence-corrected chi connectivity index (χ3v) is 3.96. The van der Waals surface area contributed by atoms with E-state index in [0.29, 0.717) is 5.01 Å². The predicted octanol–water partition coefficient (Wildman–Crippen LogP) is 3.00. The number of nitro groups is 1. The first-order valence-corrected chi connectivity index (χ1v) is 8.06. The zero-order valence-corrected chi connectivity index (χ0v) is 13.6. The molecule has 1 aromatic carbocycles. The highest BCUT2D eigenvalue weighted by Gasteiger charge is 2.11. The van der Waals surface area contributed by atoms with Crippen molar-refractivity contribution >= 4 is 29.3 Å². The van der Waals surface area contributed by atoms with E-state index >= 15 is 0 Å². The Bertz CT molecular complexity index is 917. The molecule has 0 aliphatic carbocycles. The Morgan fingerprint density at radius 1 is 1.32 bits per heavy atom. The number of amides is 1. The first-order valence-electron chi connectivity index (χ1n) is 7.18. The largest absolute Gasteiger partial charge is 0.433 e. The van der Waals surface area contributed by atoms with Gasteiger partial charge in [0.1, 0.15) is 9.93 Å². The van der Waals surface area contributed by atoms with Crippen LogP contribution in [0.15, 0.2) is 57.4 Å². The van der Waals surface area contributed by atoms with Gasteiger partial charge in [-0.15, -0.1) is 11.3 Å². The van der Waals surface area contributed by atoms with Crippen molar-refractivity contribution in [3.63, 3.8) is 0 Å². The number of hydrogen-bond donors (Lipinski definition) is 1. The van der Waals surface area contributed by atoms with Crippen molar-refractivity contribution in [3.05, 3.63) is 68.7 Å². The van der Waals surface area contributed by atoms with Crippen LogP contribution >= 0.6 is 11.3 Å². The van der Waals surface area contributed by atoms with E-state index in [9.17, 15) is 14.9 Å². The van der Waals surface area contributed by atoms with Crippen LogP contribution in [0.3, 0.4) is 0 Å². The van der Waals surface area contributed by atoms with E-state index < -0.39 is 4.92 Å². The van der Waals surface area contributed by atoms with E-state index in [4.69, 9.17) is 4.42 Å². The zero-order chi connectivity index (χ0) is 17.6. The fourth-order valence-corrected chi connectivity index (χ4v) is 2.79. The number of hydrogen-bond acceptors (Lipinski definition) is 7. The maximum atomic E-state index is 11.9. The molecule has 0 atom stereocenters. The van der Waals surface area contributed by atoms with Crippen molar-refractivity contribution in [3.8, 4) is 11.3 Å². The average Bonchev–Trinajstić information content (AvgIpc) is 3.25. The molecule has 9 heteroatoms. The number of carbonyl (C=O) groups is 1. The number of thiazole rings is 1. The Kier molecular flexibility index (Phi) is 4.95. The smallest absolute Gasteiger partial charge is 0.400 e. The average molecular weight is 356 g/mol. The third-order valence-electron chi connectivity index (χ3n) is 3.11. The molecule has 0 radical (unpaired) electrons. The van der Waals surface area contributed by atoms with Gasteiger partial charge in [-0.1, -0.05) is 30.3 Å². The van der Waals surface area contributed by atoms with Gasteiger partial charge in [0.15, 0.2) is 5.76 Å². The number of aromatic nitrogens is 1. The molecule has 0 unspecified atom stereocenters. The van der Waals surface area contributed by atoms with Crippen molar-refractivity contribution in [2.45, 2.75) is 6.42 Å². The summed E-state index contributed by atoms with van der Waals surface area (Å²) in [6, 6.07) is 12.3. The first-order chi connectivity index (χ1) is 12.1. The van der Waals surface area contributed by atoms with Crippen LogP contribution in [0, 0.1) is 10.1 Å². The molecule has 0 saturated carbocycles. The highest BCUT2D eigenvalue weighted by Crippen LogP contribution is 2.21. The number of furan rings is 1. The third kappa shape index (κ3) is 4.36. The first kappa shape index (κ1) is 16.5. The van der Waals surface area contributed by atoms with Crippen LogP contribution in [0.2, 0.25) is 0 Å². The molecular weight excluding hydrogens is 344 g/mol. The van der Waals surface area contributed by atoms with Gasteiger partial charge in [0, 0.05) is 10.9 Å². The Hall–Kier alpha value is -3.33. The van der Waals surface area contributed by atoms with Crippen molar-refractivity contribution < 1.29 is 14.1 Å². The summed E-state index contributed by atoms with van der Waals surface area (Å²) < 4.78 is 4.89. The zero-order valence-electron chi connectivity index (χ0n) is 12.8. The van der Waals surface area contributed by atoms with Crippen LogP contribution in [-0.4, -0.2) is 22.0 Å². The van der Waals surface area contributed by atoms with Crippen molar-refractivity contribution in [1.82, 2.24) is 10.4 Å². The molecule has 0 spiro atoms. The molecule has 0 fully saturated rings. The van der Waals surface area contributed by atoms with Gasteiger partial charge in [0.2, 0.25) is 5.91 Å². The molecule has 25 heavy (non-hydrogen) atoms. The minimum absolute atomic E-state index is 0.0904. The second-order valence-electron chi connectivity index (χ2n) is 4.90. The maximum Gasteiger partial charge on any atom is 0.433 e. The van der Waals surface area contributed by atoms with Crippen LogP contribution in [-0.2, 0) is 11.2 Å². The number of benzene rings is 1. The topological polar surface area (TPSA) is 111 Å². The van der Waals surface area contributed by atoms with Crippen LogP contribution in [0.4, 0.5) is 5.88 Å². The second kappa shape index (κ2) is 7.49. The molecule has 0 aliphatic heterocycles. The molecular formula is C16H12N4O4S. The Morgan fingerprint density at radius 2 is 2.12 bits per heavy atom. The lowest BCUT2D eigenvalue weighted by Crippen LogP contribution is -2.19. The predicted molar refractivity (Wildman–Crippen MR) is 92.4 cm³/mol. The number of nitrogens with one attached hydrogen (secondary N) is 1. The van der Waals surface area contributed by atoms with Gasteiger partial charge in [-0.05, 0) is 6.07 Å². The van der Waals surface area contributed by atoms with E-state index in [2.05, 4.69) is 15.5 Å². The van der Waals surface area contributed by atoms with Gasteiger partial charge in [-0.3, -0.25) is 14.9 Å². The minimum Gasteiger partial charge on any atom is -0.400 e. The lowest BCUT2D eigenvalue weighted by atomic mass is 10.2. The van der Waals surface area contributed by atoms with Gasteiger partial charge in [-0.25, -0.2) is 10.4 Å². The number of rotatable bonds is 6. The van der Waals surface area contributed by atoms with Gasteiger partial charge < -0.3 is 4.42 Å². The van der Waals surface area contributed by atoms with Crippen molar-refractivity contribution in [1.29, 1.82) is 0 Å². The molecule has 2 heterocycles. The molecule has 1 N–H and O–H groups in total. The van der Waals surface area contributed by atoms with E-state index in [1.165, 1.54) is 29.7 Å². The van der Waals surface area contributed by atoms with Crippen molar-refractivity contribution in [2.24, 2.45) is 5.10 Å². The van der Waals surface area contributed by atoms with Crippen LogP contribution < -0.4 is 5.43 Å². The van der Waals surface area contributed by atoms with Gasteiger partial charge in [-0.2, -0.15) is 5.10 Å². The summed E-state index contributed by atoms with van der Waals surface area (Å²) in [5.74, 6) is -0.553. The summed E-state index contributed by atoms with van der Waals surface area (Å²) in [5.41, 5.74) is 4.14.